The molecule has 1 aromatic heterocycles. The van der Waals surface area contributed by atoms with Gasteiger partial charge in [0, 0.05) is 42.9 Å². The minimum Gasteiger partial charge on any atom is -0.396 e. The van der Waals surface area contributed by atoms with Gasteiger partial charge < -0.3 is 19.8 Å². The predicted octanol–water partition coefficient (Wildman–Crippen LogP) is 4.64. The molecule has 6 rings (SSSR count). The Balaban J connectivity index is 1.35. The highest BCUT2D eigenvalue weighted by Crippen LogP contribution is 2.68. The lowest BCUT2D eigenvalue weighted by molar-refractivity contribution is -0.145. The van der Waals surface area contributed by atoms with Gasteiger partial charge in [0.1, 0.15) is 18.2 Å². The van der Waals surface area contributed by atoms with E-state index < -0.39 is 22.6 Å². The second-order valence-electron chi connectivity index (χ2n) is 12.9. The van der Waals surface area contributed by atoms with Crippen molar-refractivity contribution >= 4 is 56.4 Å². The maximum Gasteiger partial charge on any atom is 0.248 e. The molecule has 2 bridgehead atoms. The molecule has 2 aromatic carbocycles. The van der Waals surface area contributed by atoms with Crippen LogP contribution in [0.25, 0.3) is 11.0 Å². The number of nitrogens with zero attached hydrogens (tertiary/aromatic N) is 6. The monoisotopic (exact) mass is 734 g/mol. The summed E-state index contributed by atoms with van der Waals surface area (Å²) in [6.07, 6.45) is 7.09. The number of likely N-dealkylation sites (tertiary alicyclic amines) is 1. The van der Waals surface area contributed by atoms with E-state index in [-0.39, 0.29) is 47.6 Å². The molecular weight excluding hydrogens is 692 g/mol. The molecule has 0 radical (unpaired) electrons. The molecule has 3 aliphatic rings. The predicted molar refractivity (Wildman–Crippen MR) is 191 cm³/mol. The van der Waals surface area contributed by atoms with E-state index in [2.05, 4.69) is 39.4 Å². The van der Waals surface area contributed by atoms with Crippen molar-refractivity contribution in [3.8, 4) is 0 Å². The Morgan fingerprint density at radius 1 is 1.00 bits per heavy atom. The fourth-order valence-corrected chi connectivity index (χ4v) is 11.4. The van der Waals surface area contributed by atoms with Crippen molar-refractivity contribution < 1.29 is 19.5 Å². The van der Waals surface area contributed by atoms with E-state index in [1.54, 1.807) is 43.3 Å². The number of halogens is 1. The minimum absolute atomic E-state index is 0.0327. The van der Waals surface area contributed by atoms with Gasteiger partial charge in [-0.15, -0.1) is 30.0 Å². The number of carbonyl (C=O) groups is 3. The van der Waals surface area contributed by atoms with E-state index in [0.717, 1.165) is 29.4 Å². The van der Waals surface area contributed by atoms with E-state index in [1.807, 2.05) is 54.6 Å². The molecule has 3 unspecified atom stereocenters. The van der Waals surface area contributed by atoms with Crippen LogP contribution in [0.2, 0.25) is 0 Å². The van der Waals surface area contributed by atoms with Crippen LogP contribution in [0.1, 0.15) is 37.7 Å². The number of amides is 3. The Morgan fingerprint density at radius 3 is 2.46 bits per heavy atom. The lowest BCUT2D eigenvalue weighted by Gasteiger charge is -2.38. The first-order valence-electron chi connectivity index (χ1n) is 16.7. The number of carbonyl (C=O) groups excluding carboxylic acids is 3. The summed E-state index contributed by atoms with van der Waals surface area (Å²) in [5.41, 5.74) is 2.54. The van der Waals surface area contributed by atoms with Gasteiger partial charge in [-0.3, -0.25) is 14.4 Å². The van der Waals surface area contributed by atoms with Crippen LogP contribution in [-0.2, 0) is 27.6 Å². The fraction of sp³-hybridized carbons (Fsp3) is 0.472. The number of hydrogen-bond donors (Lipinski definition) is 1. The van der Waals surface area contributed by atoms with Crippen LogP contribution < -0.4 is 0 Å². The molecule has 3 saturated heterocycles. The molecule has 48 heavy (non-hydrogen) atoms. The minimum atomic E-state index is -0.769. The fourth-order valence-electron chi connectivity index (χ4n) is 7.81. The second kappa shape index (κ2) is 15.0. The number of hydrogen-bond acceptors (Lipinski definition) is 7. The number of para-hydroxylation sites is 1. The number of alkyl halides is 1. The zero-order valence-electron chi connectivity index (χ0n) is 27.1. The molecule has 0 aliphatic carbocycles. The Morgan fingerprint density at radius 2 is 1.71 bits per heavy atom. The summed E-state index contributed by atoms with van der Waals surface area (Å²) in [5, 5.41) is 17.8. The van der Waals surface area contributed by atoms with Gasteiger partial charge in [-0.05, 0) is 37.0 Å². The first kappa shape index (κ1) is 34.4. The van der Waals surface area contributed by atoms with Crippen molar-refractivity contribution in [1.82, 2.24) is 29.7 Å². The largest absolute Gasteiger partial charge is 0.396 e. The van der Waals surface area contributed by atoms with Crippen molar-refractivity contribution in [2.45, 2.75) is 66.2 Å². The standard InChI is InChI=1S/C36H43BrN6O4S/c1-3-18-40(23-25-14-8-7-9-15-25)33(45)29-30-34(46)42(20-12-5-6-13-21-44)32(36(30)22-26(37)31(29)48-36)35(47)41(19-4-2)24-43-28-17-11-10-16-27(28)38-39-43/h3-4,7-11,14-17,26,29-32,44H,1-2,5-6,12-13,18-24H2/t26?,29-,30-,31-,32?,36?/m0/s1. The lowest BCUT2D eigenvalue weighted by Crippen LogP contribution is -2.56. The number of rotatable bonds is 16. The number of aliphatic hydroxyl groups excluding tert-OH is 1. The Hall–Kier alpha value is -3.48. The number of unbranched alkanes of at least 4 members (excludes halogenated alkanes) is 3. The Kier molecular flexibility index (Phi) is 10.7. The average molecular weight is 736 g/mol. The Bertz CT molecular complexity index is 1650. The number of aromatic nitrogens is 3. The first-order chi connectivity index (χ1) is 23.3. The summed E-state index contributed by atoms with van der Waals surface area (Å²) >= 11 is 5.55. The van der Waals surface area contributed by atoms with Crippen LogP contribution in [-0.4, -0.2) is 99.6 Å². The highest BCUT2D eigenvalue weighted by atomic mass is 79.9. The topological polar surface area (TPSA) is 112 Å². The van der Waals surface area contributed by atoms with E-state index in [9.17, 15) is 19.5 Å². The van der Waals surface area contributed by atoms with Gasteiger partial charge >= 0.3 is 0 Å². The molecular formula is C36H43BrN6O4S. The first-order valence-corrected chi connectivity index (χ1v) is 18.5. The van der Waals surface area contributed by atoms with Crippen molar-refractivity contribution in [3.05, 3.63) is 85.5 Å². The van der Waals surface area contributed by atoms with Gasteiger partial charge in [0.15, 0.2) is 0 Å². The molecule has 1 spiro atoms. The van der Waals surface area contributed by atoms with Gasteiger partial charge in [0.05, 0.1) is 22.1 Å². The van der Waals surface area contributed by atoms with Crippen molar-refractivity contribution in [2.24, 2.45) is 11.8 Å². The molecule has 3 aromatic rings. The molecule has 6 atom stereocenters. The quantitative estimate of drug-likeness (QED) is 0.130. The van der Waals surface area contributed by atoms with Gasteiger partial charge in [-0.25, -0.2) is 4.68 Å². The second-order valence-corrected chi connectivity index (χ2v) is 15.6. The zero-order valence-corrected chi connectivity index (χ0v) is 29.5. The molecule has 4 heterocycles. The van der Waals surface area contributed by atoms with E-state index in [4.69, 9.17) is 0 Å². The van der Waals surface area contributed by atoms with E-state index in [0.29, 0.717) is 38.9 Å². The molecule has 254 valence electrons. The summed E-state index contributed by atoms with van der Waals surface area (Å²) < 4.78 is 0.937. The third-order valence-corrected chi connectivity index (χ3v) is 13.1. The van der Waals surface area contributed by atoms with Crippen LogP contribution in [0.3, 0.4) is 0 Å². The van der Waals surface area contributed by atoms with Gasteiger partial charge in [-0.2, -0.15) is 0 Å². The van der Waals surface area contributed by atoms with Crippen molar-refractivity contribution in [1.29, 1.82) is 0 Å². The van der Waals surface area contributed by atoms with Gasteiger partial charge in [0.2, 0.25) is 17.7 Å². The summed E-state index contributed by atoms with van der Waals surface area (Å²) in [4.78, 5) is 49.4. The molecule has 3 amide bonds. The maximum atomic E-state index is 14.9. The molecule has 3 aliphatic heterocycles. The van der Waals surface area contributed by atoms with Crippen molar-refractivity contribution in [2.75, 3.05) is 26.2 Å². The molecule has 1 N–H and O–H groups in total. The zero-order chi connectivity index (χ0) is 33.8. The highest BCUT2D eigenvalue weighted by Gasteiger charge is 2.76. The van der Waals surface area contributed by atoms with E-state index in [1.165, 1.54) is 0 Å². The van der Waals surface area contributed by atoms with Crippen LogP contribution in [0.15, 0.2) is 79.9 Å². The molecule has 12 heteroatoms. The van der Waals surface area contributed by atoms with Crippen molar-refractivity contribution in [3.63, 3.8) is 0 Å². The summed E-state index contributed by atoms with van der Waals surface area (Å²) in [5.74, 6) is -1.57. The third-order valence-electron chi connectivity index (χ3n) is 9.88. The maximum absolute atomic E-state index is 14.9. The summed E-state index contributed by atoms with van der Waals surface area (Å²) in [6, 6.07) is 16.7. The molecule has 0 saturated carbocycles. The number of aliphatic hydroxyl groups is 1. The van der Waals surface area contributed by atoms with Crippen LogP contribution in [0.5, 0.6) is 0 Å². The number of fused-ring (bicyclic) bond motifs is 2. The van der Waals surface area contributed by atoms with Gasteiger partial charge in [-0.1, -0.05) is 88.6 Å². The lowest BCUT2D eigenvalue weighted by atomic mass is 9.70. The van der Waals surface area contributed by atoms with Gasteiger partial charge in [0.25, 0.3) is 0 Å². The normalized spacial score (nSPS) is 25.8. The number of thioether (sulfide) groups is 1. The highest BCUT2D eigenvalue weighted by molar-refractivity contribution is 9.09. The molecule has 10 nitrogen and oxygen atoms in total. The summed E-state index contributed by atoms with van der Waals surface area (Å²) in [6.45, 7) is 9.57. The molecule has 3 fully saturated rings. The van der Waals surface area contributed by atoms with Crippen LogP contribution >= 0.6 is 27.7 Å². The Labute approximate surface area is 294 Å². The van der Waals surface area contributed by atoms with E-state index >= 15 is 0 Å². The summed E-state index contributed by atoms with van der Waals surface area (Å²) in [7, 11) is 0. The smallest absolute Gasteiger partial charge is 0.248 e. The number of benzene rings is 2. The SMILES string of the molecule is C=CCN(Cn1nnc2ccccc21)C(=O)C1N(CCCCCCO)C(=O)[C@@H]2[C@H](C(=O)N(CC=C)Cc3ccccc3)[C@H]3SC12CC3Br. The average Bonchev–Trinajstić information content (AvgIpc) is 3.81. The van der Waals surface area contributed by atoms with Crippen LogP contribution in [0.4, 0.5) is 0 Å². The van der Waals surface area contributed by atoms with Crippen LogP contribution in [0, 0.1) is 11.8 Å². The third kappa shape index (κ3) is 6.34.